The van der Waals surface area contributed by atoms with Gasteiger partial charge in [0.1, 0.15) is 0 Å². The molecule has 3 rings (SSSR count). The summed E-state index contributed by atoms with van der Waals surface area (Å²) in [6, 6.07) is 8.95. The largest absolute Gasteiger partial charge is 0.325 e. The summed E-state index contributed by atoms with van der Waals surface area (Å²) < 4.78 is 1.67. The lowest BCUT2D eigenvalue weighted by Crippen LogP contribution is -2.14. The Hall–Kier alpha value is -2.12. The van der Waals surface area contributed by atoms with Gasteiger partial charge in [0.25, 0.3) is 5.78 Å². The van der Waals surface area contributed by atoms with Crippen LogP contribution >= 0.6 is 23.4 Å². The Morgan fingerprint density at radius 2 is 2.13 bits per heavy atom. The lowest BCUT2D eigenvalue weighted by Gasteiger charge is -2.03. The molecule has 6 nitrogen and oxygen atoms in total. The first-order valence-corrected chi connectivity index (χ1v) is 8.27. The van der Waals surface area contributed by atoms with Crippen molar-refractivity contribution in [3.05, 3.63) is 46.7 Å². The summed E-state index contributed by atoms with van der Waals surface area (Å²) in [5, 5.41) is 8.24. The maximum atomic E-state index is 12.0. The van der Waals surface area contributed by atoms with E-state index in [0.29, 0.717) is 21.6 Å². The number of rotatable bonds is 4. The molecule has 118 valence electrons. The highest BCUT2D eigenvalue weighted by atomic mass is 35.5. The molecule has 0 bridgehead atoms. The van der Waals surface area contributed by atoms with Crippen LogP contribution in [0.3, 0.4) is 0 Å². The molecule has 1 amide bonds. The highest BCUT2D eigenvalue weighted by molar-refractivity contribution is 7.99. The number of amides is 1. The van der Waals surface area contributed by atoms with Crippen molar-refractivity contribution in [2.75, 3.05) is 11.1 Å². The van der Waals surface area contributed by atoms with Crippen LogP contribution in [0.2, 0.25) is 5.02 Å². The minimum absolute atomic E-state index is 0.142. The van der Waals surface area contributed by atoms with E-state index in [-0.39, 0.29) is 11.7 Å². The third kappa shape index (κ3) is 3.80. The highest BCUT2D eigenvalue weighted by Crippen LogP contribution is 2.18. The molecule has 1 N–H and O–H groups in total. The molecule has 1 aromatic carbocycles. The van der Waals surface area contributed by atoms with Crippen LogP contribution in [0, 0.1) is 13.8 Å². The molecule has 0 aliphatic rings. The zero-order valence-corrected chi connectivity index (χ0v) is 14.1. The van der Waals surface area contributed by atoms with Crippen molar-refractivity contribution >= 4 is 40.7 Å². The Kier molecular flexibility index (Phi) is 4.49. The van der Waals surface area contributed by atoms with Gasteiger partial charge in [0.15, 0.2) is 0 Å². The fraction of sp³-hybridized carbons (Fsp3) is 0.200. The second-order valence-electron chi connectivity index (χ2n) is 4.99. The SMILES string of the molecule is Cc1cc(C)n2nc(SCC(=O)Nc3cccc(Cl)c3)nc2n1. The summed E-state index contributed by atoms with van der Waals surface area (Å²) >= 11 is 7.15. The molecule has 0 spiro atoms. The van der Waals surface area contributed by atoms with Gasteiger partial charge in [-0.25, -0.2) is 9.50 Å². The Bertz CT molecular complexity index is 879. The lowest BCUT2D eigenvalue weighted by atomic mass is 10.3. The predicted molar refractivity (Wildman–Crippen MR) is 91.1 cm³/mol. The van der Waals surface area contributed by atoms with E-state index in [1.165, 1.54) is 11.8 Å². The van der Waals surface area contributed by atoms with Crippen LogP contribution in [0.4, 0.5) is 5.69 Å². The van der Waals surface area contributed by atoms with Crippen LogP contribution in [0.15, 0.2) is 35.5 Å². The van der Waals surface area contributed by atoms with Gasteiger partial charge in [-0.05, 0) is 38.1 Å². The van der Waals surface area contributed by atoms with E-state index in [2.05, 4.69) is 20.4 Å². The molecule has 0 aliphatic carbocycles. The molecule has 2 heterocycles. The molecule has 2 aromatic heterocycles. The van der Waals surface area contributed by atoms with Gasteiger partial charge < -0.3 is 5.32 Å². The summed E-state index contributed by atoms with van der Waals surface area (Å²) in [6.45, 7) is 3.85. The van der Waals surface area contributed by atoms with Gasteiger partial charge in [-0.2, -0.15) is 4.98 Å². The zero-order valence-electron chi connectivity index (χ0n) is 12.6. The van der Waals surface area contributed by atoms with Crippen molar-refractivity contribution in [1.29, 1.82) is 0 Å². The lowest BCUT2D eigenvalue weighted by molar-refractivity contribution is -0.113. The number of carbonyl (C=O) groups excluding carboxylic acids is 1. The molecule has 0 saturated heterocycles. The van der Waals surface area contributed by atoms with Crippen molar-refractivity contribution in [3.8, 4) is 0 Å². The number of benzene rings is 1. The van der Waals surface area contributed by atoms with Crippen molar-refractivity contribution < 1.29 is 4.79 Å². The zero-order chi connectivity index (χ0) is 16.4. The minimum Gasteiger partial charge on any atom is -0.325 e. The molecular weight excluding hydrogens is 334 g/mol. The molecule has 0 radical (unpaired) electrons. The number of thioether (sulfide) groups is 1. The first-order valence-electron chi connectivity index (χ1n) is 6.90. The molecule has 8 heteroatoms. The number of hydrogen-bond acceptors (Lipinski definition) is 5. The quantitative estimate of drug-likeness (QED) is 0.734. The summed E-state index contributed by atoms with van der Waals surface area (Å²) in [4.78, 5) is 20.6. The summed E-state index contributed by atoms with van der Waals surface area (Å²) in [6.07, 6.45) is 0. The van der Waals surface area contributed by atoms with Gasteiger partial charge in [0, 0.05) is 22.1 Å². The number of halogens is 1. The van der Waals surface area contributed by atoms with Crippen LogP contribution in [-0.2, 0) is 4.79 Å². The third-order valence-corrected chi connectivity index (χ3v) is 4.11. The normalized spacial score (nSPS) is 10.9. The van der Waals surface area contributed by atoms with E-state index in [0.717, 1.165) is 11.4 Å². The van der Waals surface area contributed by atoms with Gasteiger partial charge >= 0.3 is 0 Å². The van der Waals surface area contributed by atoms with Gasteiger partial charge in [-0.1, -0.05) is 29.4 Å². The van der Waals surface area contributed by atoms with Gasteiger partial charge in [0.05, 0.1) is 5.75 Å². The fourth-order valence-electron chi connectivity index (χ4n) is 2.10. The van der Waals surface area contributed by atoms with Crippen LogP contribution in [0.5, 0.6) is 0 Å². The predicted octanol–water partition coefficient (Wildman–Crippen LogP) is 3.13. The topological polar surface area (TPSA) is 72.2 Å². The van der Waals surface area contributed by atoms with Crippen molar-refractivity contribution in [1.82, 2.24) is 19.6 Å². The molecule has 0 fully saturated rings. The van der Waals surface area contributed by atoms with E-state index in [1.807, 2.05) is 19.9 Å². The van der Waals surface area contributed by atoms with E-state index in [1.54, 1.807) is 28.8 Å². The number of aryl methyl sites for hydroxylation is 2. The molecular formula is C15H14ClN5OS. The number of aromatic nitrogens is 4. The monoisotopic (exact) mass is 347 g/mol. The number of nitrogens with one attached hydrogen (secondary N) is 1. The molecule has 23 heavy (non-hydrogen) atoms. The van der Waals surface area contributed by atoms with Crippen molar-refractivity contribution in [3.63, 3.8) is 0 Å². The number of carbonyl (C=O) groups is 1. The fourth-order valence-corrected chi connectivity index (χ4v) is 2.91. The van der Waals surface area contributed by atoms with Gasteiger partial charge in [-0.15, -0.1) is 5.10 Å². The molecule has 3 aromatic rings. The standard InChI is InChI=1S/C15H14ClN5OS/c1-9-6-10(2)21-14(17-9)19-15(20-21)23-8-13(22)18-12-5-3-4-11(16)7-12/h3-7H,8H2,1-2H3,(H,18,22). The highest BCUT2D eigenvalue weighted by Gasteiger charge is 2.10. The van der Waals surface area contributed by atoms with Crippen LogP contribution in [0.25, 0.3) is 5.78 Å². The van der Waals surface area contributed by atoms with Crippen molar-refractivity contribution in [2.24, 2.45) is 0 Å². The minimum atomic E-state index is -0.142. The molecule has 0 aliphatic heterocycles. The maximum Gasteiger partial charge on any atom is 0.253 e. The summed E-state index contributed by atoms with van der Waals surface area (Å²) in [5.41, 5.74) is 2.51. The number of fused-ring (bicyclic) bond motifs is 1. The van der Waals surface area contributed by atoms with Crippen molar-refractivity contribution in [2.45, 2.75) is 19.0 Å². The van der Waals surface area contributed by atoms with Crippen LogP contribution in [0.1, 0.15) is 11.4 Å². The second-order valence-corrected chi connectivity index (χ2v) is 6.37. The second kappa shape index (κ2) is 6.55. The Labute approximate surface area is 142 Å². The number of anilines is 1. The van der Waals surface area contributed by atoms with Gasteiger partial charge in [0.2, 0.25) is 11.1 Å². The molecule has 0 atom stereocenters. The van der Waals surface area contributed by atoms with E-state index in [4.69, 9.17) is 11.6 Å². The van der Waals surface area contributed by atoms with E-state index in [9.17, 15) is 4.79 Å². The third-order valence-electron chi connectivity index (χ3n) is 3.04. The number of nitrogens with zero attached hydrogens (tertiary/aromatic N) is 4. The summed E-state index contributed by atoms with van der Waals surface area (Å²) in [5.74, 6) is 0.610. The Balaban J connectivity index is 1.66. The maximum absolute atomic E-state index is 12.0. The number of hydrogen-bond donors (Lipinski definition) is 1. The van der Waals surface area contributed by atoms with Gasteiger partial charge in [-0.3, -0.25) is 4.79 Å². The Morgan fingerprint density at radius 1 is 1.30 bits per heavy atom. The first-order chi connectivity index (χ1) is 11.0. The average molecular weight is 348 g/mol. The van der Waals surface area contributed by atoms with E-state index < -0.39 is 0 Å². The van der Waals surface area contributed by atoms with Crippen LogP contribution in [-0.4, -0.2) is 31.2 Å². The average Bonchev–Trinajstić information content (AvgIpc) is 2.88. The summed E-state index contributed by atoms with van der Waals surface area (Å²) in [7, 11) is 0. The first kappa shape index (κ1) is 15.8. The van der Waals surface area contributed by atoms with Crippen LogP contribution < -0.4 is 5.32 Å². The smallest absolute Gasteiger partial charge is 0.253 e. The van der Waals surface area contributed by atoms with E-state index >= 15 is 0 Å². The molecule has 0 saturated carbocycles. The molecule has 0 unspecified atom stereocenters. The Morgan fingerprint density at radius 3 is 2.91 bits per heavy atom.